The van der Waals surface area contributed by atoms with E-state index in [2.05, 4.69) is 5.29 Å². The van der Waals surface area contributed by atoms with Crippen molar-refractivity contribution in [2.75, 3.05) is 7.05 Å². The Labute approximate surface area is 98.1 Å². The monoisotopic (exact) mass is 207 g/mol. The van der Waals surface area contributed by atoms with Crippen LogP contribution in [0.4, 0.5) is 0 Å². The van der Waals surface area contributed by atoms with Crippen molar-refractivity contribution in [3.63, 3.8) is 0 Å². The Morgan fingerprint density at radius 3 is 2.80 bits per heavy atom. The van der Waals surface area contributed by atoms with Crippen molar-refractivity contribution in [1.82, 2.24) is 5.01 Å². The molecule has 0 aliphatic rings. The van der Waals surface area contributed by atoms with E-state index < -0.39 is 36.3 Å². The predicted octanol–water partition coefficient (Wildman–Crippen LogP) is 2.95. The molecule has 0 radical (unpaired) electrons. The first-order chi connectivity index (χ1) is 10.2. The molecule has 0 atom stereocenters. The van der Waals surface area contributed by atoms with Crippen molar-refractivity contribution < 1.29 is 9.60 Å². The number of nitrogens with zero attached hydrogens (tertiary/aromatic N) is 2. The Balaban J connectivity index is 3.04. The average Bonchev–Trinajstić information content (AvgIpc) is 2.50. The zero-order chi connectivity index (χ0) is 16.8. The molecule has 0 spiro atoms. The first kappa shape index (κ1) is 4.31. The first-order valence-electron chi connectivity index (χ1n) is 7.75. The lowest BCUT2D eigenvalue weighted by molar-refractivity contribution is 0.343. The van der Waals surface area contributed by atoms with Crippen LogP contribution in [0.15, 0.2) is 47.6 Å². The van der Waals surface area contributed by atoms with Gasteiger partial charge in [0.25, 0.3) is 0 Å². The molecule has 0 bridgehead atoms. The molecule has 0 unspecified atom stereocenters. The second-order valence-electron chi connectivity index (χ2n) is 3.00. The average molecular weight is 207 g/mol. The molecule has 0 aromatic heterocycles. The van der Waals surface area contributed by atoms with Gasteiger partial charge in [-0.25, -0.2) is 0 Å². The Morgan fingerprint density at radius 1 is 1.27 bits per heavy atom. The first-order valence-corrected chi connectivity index (χ1v) is 4.25. The van der Waals surface area contributed by atoms with E-state index in [1.807, 2.05) is 0 Å². The maximum absolute atomic E-state index is 10.6. The van der Waals surface area contributed by atoms with Gasteiger partial charge in [0.1, 0.15) is 0 Å². The summed E-state index contributed by atoms with van der Waals surface area (Å²) in [4.78, 5) is 10.6. The molecular formula is C12H12N2O. The normalized spacial score (nSPS) is 16.7. The maximum atomic E-state index is 10.6. The third kappa shape index (κ3) is 1.96. The van der Waals surface area contributed by atoms with Gasteiger partial charge in [0, 0.05) is 7.05 Å². The lowest BCUT2D eigenvalue weighted by atomic mass is 10.0. The van der Waals surface area contributed by atoms with E-state index >= 15 is 0 Å². The smallest absolute Gasteiger partial charge is 0.0645 e. The zero-order valence-electron chi connectivity index (χ0n) is 15.0. The lowest BCUT2D eigenvalue weighted by Crippen LogP contribution is -2.09. The molecule has 0 fully saturated rings. The number of benzene rings is 2. The van der Waals surface area contributed by atoms with Crippen molar-refractivity contribution in [3.05, 3.63) is 52.8 Å². The Kier molecular flexibility index (Phi) is 1.17. The molecule has 3 nitrogen and oxygen atoms in total. The second kappa shape index (κ2) is 4.09. The van der Waals surface area contributed by atoms with E-state index in [4.69, 9.17) is 9.60 Å². The molecule has 15 heavy (non-hydrogen) atoms. The van der Waals surface area contributed by atoms with Crippen LogP contribution in [0.1, 0.15) is 15.2 Å². The number of hydrogen-bond acceptors (Lipinski definition) is 2. The van der Waals surface area contributed by atoms with Gasteiger partial charge in [-0.1, -0.05) is 42.3 Å². The van der Waals surface area contributed by atoms with Crippen LogP contribution in [0.3, 0.4) is 0 Å². The van der Waals surface area contributed by atoms with Crippen LogP contribution in [0.2, 0.25) is 0 Å². The standard InChI is InChI=1S/C12H12N2O/c1-14(13-15)9-11-7-4-6-10-5-2-3-8-12(10)11/h2-8H,9H2,1H3/i2D,3D,4D,5D,6D,7D,8D. The number of rotatable bonds is 3. The summed E-state index contributed by atoms with van der Waals surface area (Å²) in [6.45, 7) is -0.187. The highest BCUT2D eigenvalue weighted by molar-refractivity contribution is 5.85. The molecule has 2 aromatic carbocycles. The van der Waals surface area contributed by atoms with Crippen LogP contribution in [0.5, 0.6) is 0 Å². The van der Waals surface area contributed by atoms with E-state index in [-0.39, 0.29) is 28.9 Å². The number of fused-ring (bicyclic) bond motifs is 1. The van der Waals surface area contributed by atoms with Crippen LogP contribution in [-0.4, -0.2) is 12.1 Å². The van der Waals surface area contributed by atoms with Crippen LogP contribution < -0.4 is 0 Å². The third-order valence-electron chi connectivity index (χ3n) is 1.92. The highest BCUT2D eigenvalue weighted by atomic mass is 16.3. The molecule has 0 saturated heterocycles. The Hall–Kier alpha value is -1.90. The zero-order valence-corrected chi connectivity index (χ0v) is 8.01. The largest absolute Gasteiger partial charge is 0.260 e. The van der Waals surface area contributed by atoms with Gasteiger partial charge in [-0.15, -0.1) is 4.91 Å². The van der Waals surface area contributed by atoms with E-state index in [1.54, 1.807) is 0 Å². The van der Waals surface area contributed by atoms with Gasteiger partial charge >= 0.3 is 0 Å². The molecule has 0 aliphatic heterocycles. The summed E-state index contributed by atoms with van der Waals surface area (Å²) in [6.07, 6.45) is 0. The van der Waals surface area contributed by atoms with Gasteiger partial charge in [-0.05, 0) is 16.3 Å². The van der Waals surface area contributed by atoms with E-state index in [0.29, 0.717) is 0 Å². The quantitative estimate of drug-likeness (QED) is 0.572. The van der Waals surface area contributed by atoms with Crippen molar-refractivity contribution in [2.24, 2.45) is 5.29 Å². The summed E-state index contributed by atoms with van der Waals surface area (Å²) in [5.41, 5.74) is 0.0742. The molecule has 0 N–H and O–H groups in total. The SMILES string of the molecule is [2H]c1c([2H])c([2H])c2c(CN(C)N=O)c([2H])c([2H])c([2H])c2c1[2H]. The van der Waals surface area contributed by atoms with Crippen LogP contribution >= 0.6 is 0 Å². The van der Waals surface area contributed by atoms with Gasteiger partial charge in [0.15, 0.2) is 0 Å². The van der Waals surface area contributed by atoms with Gasteiger partial charge in [-0.2, -0.15) is 0 Å². The maximum Gasteiger partial charge on any atom is 0.0645 e. The van der Waals surface area contributed by atoms with E-state index in [9.17, 15) is 4.91 Å². The van der Waals surface area contributed by atoms with Crippen molar-refractivity contribution in [2.45, 2.75) is 6.54 Å². The van der Waals surface area contributed by atoms with Gasteiger partial charge < -0.3 is 0 Å². The van der Waals surface area contributed by atoms with Crippen molar-refractivity contribution in [3.8, 4) is 0 Å². The summed E-state index contributed by atoms with van der Waals surface area (Å²) in [5.74, 6) is 0. The minimum Gasteiger partial charge on any atom is -0.260 e. The van der Waals surface area contributed by atoms with Crippen LogP contribution in [0.25, 0.3) is 10.8 Å². The summed E-state index contributed by atoms with van der Waals surface area (Å²) in [5, 5.41) is 3.49. The summed E-state index contributed by atoms with van der Waals surface area (Å²) in [7, 11) is 1.35. The second-order valence-corrected chi connectivity index (χ2v) is 3.00. The molecule has 0 heterocycles. The Bertz CT molecular complexity index is 785. The highest BCUT2D eigenvalue weighted by Gasteiger charge is 2.02. The molecule has 76 valence electrons. The molecule has 0 aliphatic carbocycles. The fraction of sp³-hybridized carbons (Fsp3) is 0.167. The highest BCUT2D eigenvalue weighted by Crippen LogP contribution is 2.19. The van der Waals surface area contributed by atoms with Gasteiger partial charge in [-0.3, -0.25) is 5.01 Å². The van der Waals surface area contributed by atoms with Gasteiger partial charge in [0.05, 0.1) is 21.4 Å². The summed E-state index contributed by atoms with van der Waals surface area (Å²) >= 11 is 0. The van der Waals surface area contributed by atoms with Crippen LogP contribution in [0, 0.1) is 4.91 Å². The van der Waals surface area contributed by atoms with E-state index in [0.717, 1.165) is 5.01 Å². The number of nitroso groups, excluding NO2 is 1. The topological polar surface area (TPSA) is 32.7 Å². The third-order valence-corrected chi connectivity index (χ3v) is 1.92. The fourth-order valence-electron chi connectivity index (χ4n) is 1.24. The molecule has 2 aromatic rings. The molecule has 3 heteroatoms. The Morgan fingerprint density at radius 2 is 2.00 bits per heavy atom. The lowest BCUT2D eigenvalue weighted by Gasteiger charge is -2.10. The molecule has 2 rings (SSSR count). The fourth-order valence-corrected chi connectivity index (χ4v) is 1.24. The van der Waals surface area contributed by atoms with Crippen molar-refractivity contribution in [1.29, 1.82) is 0 Å². The number of hydrogen-bond donors (Lipinski definition) is 0. The summed E-state index contributed by atoms with van der Waals surface area (Å²) < 4.78 is 54.9. The predicted molar refractivity (Wildman–Crippen MR) is 61.2 cm³/mol. The molecule has 0 saturated carbocycles. The van der Waals surface area contributed by atoms with Gasteiger partial charge in [0.2, 0.25) is 0 Å². The van der Waals surface area contributed by atoms with Crippen molar-refractivity contribution >= 4 is 10.8 Å². The van der Waals surface area contributed by atoms with Crippen LogP contribution in [-0.2, 0) is 6.54 Å². The molecular weight excluding hydrogens is 188 g/mol. The van der Waals surface area contributed by atoms with E-state index in [1.165, 1.54) is 7.05 Å². The summed E-state index contributed by atoms with van der Waals surface area (Å²) in [6, 6.07) is -3.06. The minimum absolute atomic E-state index is 0.0208. The minimum atomic E-state index is -0.504. The molecule has 0 amide bonds.